The molecule has 2 bridgehead atoms. The summed E-state index contributed by atoms with van der Waals surface area (Å²) in [6, 6.07) is 0. The molecule has 1 fully saturated rings. The number of hydrogen-bond donors (Lipinski definition) is 0. The highest BCUT2D eigenvalue weighted by molar-refractivity contribution is 5.46. The summed E-state index contributed by atoms with van der Waals surface area (Å²) in [5, 5.41) is 0. The van der Waals surface area contributed by atoms with Crippen molar-refractivity contribution in [2.24, 2.45) is 17.3 Å². The van der Waals surface area contributed by atoms with E-state index in [-0.39, 0.29) is 0 Å². The standard InChI is InChI=1S/C12H16/c1-12(2)9-6-8-4-3-5-10(8)11(12)7-9/h5-6,9,11H,3-4,7H2,1-2H3. The lowest BCUT2D eigenvalue weighted by molar-refractivity contribution is 0.0309. The fourth-order valence-electron chi connectivity index (χ4n) is 3.22. The number of hydrogen-bond acceptors (Lipinski definition) is 0. The average molecular weight is 160 g/mol. The quantitative estimate of drug-likeness (QED) is 0.510. The Hall–Kier alpha value is -0.520. The Bertz CT molecular complexity index is 291. The Morgan fingerprint density at radius 3 is 3.00 bits per heavy atom. The Morgan fingerprint density at radius 1 is 1.42 bits per heavy atom. The molecule has 1 saturated carbocycles. The number of allylic oxidation sites excluding steroid dienone is 4. The molecule has 0 aromatic rings. The van der Waals surface area contributed by atoms with Crippen LogP contribution in [0.1, 0.15) is 33.1 Å². The Kier molecular flexibility index (Phi) is 1.08. The fraction of sp³-hybridized carbons (Fsp3) is 0.667. The van der Waals surface area contributed by atoms with Crippen molar-refractivity contribution in [2.75, 3.05) is 0 Å². The lowest BCUT2D eigenvalue weighted by Crippen LogP contribution is -2.47. The molecule has 0 aliphatic heterocycles. The zero-order chi connectivity index (χ0) is 8.34. The summed E-state index contributed by atoms with van der Waals surface area (Å²) in [6.07, 6.45) is 9.10. The van der Waals surface area contributed by atoms with Gasteiger partial charge in [0.15, 0.2) is 0 Å². The first-order valence-electron chi connectivity index (χ1n) is 5.11. The van der Waals surface area contributed by atoms with Gasteiger partial charge in [-0.1, -0.05) is 26.0 Å². The van der Waals surface area contributed by atoms with Crippen LogP contribution in [-0.2, 0) is 0 Å². The van der Waals surface area contributed by atoms with Crippen LogP contribution < -0.4 is 0 Å². The van der Waals surface area contributed by atoms with Gasteiger partial charge in [0.1, 0.15) is 0 Å². The highest BCUT2D eigenvalue weighted by atomic mass is 14.6. The minimum atomic E-state index is 0.583. The van der Waals surface area contributed by atoms with Crippen molar-refractivity contribution in [3.05, 3.63) is 23.3 Å². The molecule has 4 rings (SSSR count). The second-order valence-corrected chi connectivity index (χ2v) is 5.11. The van der Waals surface area contributed by atoms with Crippen molar-refractivity contribution in [1.82, 2.24) is 0 Å². The van der Waals surface area contributed by atoms with Crippen LogP contribution in [0, 0.1) is 17.3 Å². The van der Waals surface area contributed by atoms with E-state index in [0.29, 0.717) is 5.41 Å². The highest BCUT2D eigenvalue weighted by Gasteiger charge is 2.52. The van der Waals surface area contributed by atoms with Crippen LogP contribution in [0.25, 0.3) is 0 Å². The lowest BCUT2D eigenvalue weighted by atomic mass is 9.49. The van der Waals surface area contributed by atoms with Crippen LogP contribution in [0.15, 0.2) is 23.3 Å². The molecule has 12 heavy (non-hydrogen) atoms. The van der Waals surface area contributed by atoms with E-state index in [1.54, 1.807) is 11.1 Å². The molecular weight excluding hydrogens is 144 g/mol. The van der Waals surface area contributed by atoms with Crippen LogP contribution in [0.5, 0.6) is 0 Å². The third-order valence-electron chi connectivity index (χ3n) is 4.27. The minimum Gasteiger partial charge on any atom is -0.0804 e. The topological polar surface area (TPSA) is 0 Å². The molecule has 0 amide bonds. The highest BCUT2D eigenvalue weighted by Crippen LogP contribution is 2.61. The SMILES string of the molecule is CC1(C)C2C=C3CCC=C3C1C2. The van der Waals surface area contributed by atoms with E-state index in [4.69, 9.17) is 0 Å². The molecule has 0 N–H and O–H groups in total. The molecule has 0 aromatic heterocycles. The summed E-state index contributed by atoms with van der Waals surface area (Å²) in [6.45, 7) is 4.86. The van der Waals surface area contributed by atoms with Gasteiger partial charge in [-0.2, -0.15) is 0 Å². The van der Waals surface area contributed by atoms with Crippen LogP contribution in [0.3, 0.4) is 0 Å². The van der Waals surface area contributed by atoms with Crippen molar-refractivity contribution < 1.29 is 0 Å². The first-order chi connectivity index (χ1) is 5.69. The van der Waals surface area contributed by atoms with E-state index < -0.39 is 0 Å². The smallest absolute Gasteiger partial charge is 0.00997 e. The van der Waals surface area contributed by atoms with Gasteiger partial charge in [-0.15, -0.1) is 0 Å². The molecule has 4 aliphatic rings. The molecule has 0 aromatic carbocycles. The van der Waals surface area contributed by atoms with E-state index in [2.05, 4.69) is 26.0 Å². The monoisotopic (exact) mass is 160 g/mol. The molecule has 4 aliphatic carbocycles. The van der Waals surface area contributed by atoms with E-state index >= 15 is 0 Å². The summed E-state index contributed by atoms with van der Waals surface area (Å²) in [4.78, 5) is 0. The molecular formula is C12H16. The zero-order valence-electron chi connectivity index (χ0n) is 7.93. The predicted octanol–water partition coefficient (Wildman–Crippen LogP) is 3.31. The van der Waals surface area contributed by atoms with E-state index in [1.807, 2.05) is 0 Å². The third-order valence-corrected chi connectivity index (χ3v) is 4.27. The van der Waals surface area contributed by atoms with E-state index in [0.717, 1.165) is 11.8 Å². The molecule has 0 heteroatoms. The first kappa shape index (κ1) is 6.94. The van der Waals surface area contributed by atoms with Crippen molar-refractivity contribution >= 4 is 0 Å². The summed E-state index contributed by atoms with van der Waals surface area (Å²) in [7, 11) is 0. The molecule has 64 valence electrons. The van der Waals surface area contributed by atoms with Gasteiger partial charge in [0, 0.05) is 0 Å². The average Bonchev–Trinajstić information content (AvgIpc) is 2.49. The van der Waals surface area contributed by atoms with E-state index in [9.17, 15) is 0 Å². The Balaban J connectivity index is 2.10. The van der Waals surface area contributed by atoms with Gasteiger partial charge in [0.2, 0.25) is 0 Å². The van der Waals surface area contributed by atoms with Crippen LogP contribution in [-0.4, -0.2) is 0 Å². The van der Waals surface area contributed by atoms with Gasteiger partial charge >= 0.3 is 0 Å². The maximum Gasteiger partial charge on any atom is -0.00997 e. The summed E-state index contributed by atoms with van der Waals surface area (Å²) < 4.78 is 0. The summed E-state index contributed by atoms with van der Waals surface area (Å²) in [5.41, 5.74) is 3.98. The molecule has 0 spiro atoms. The van der Waals surface area contributed by atoms with Crippen molar-refractivity contribution in [2.45, 2.75) is 33.1 Å². The molecule has 0 saturated heterocycles. The van der Waals surface area contributed by atoms with Crippen LogP contribution in [0.4, 0.5) is 0 Å². The minimum absolute atomic E-state index is 0.583. The second kappa shape index (κ2) is 1.86. The first-order valence-corrected chi connectivity index (χ1v) is 5.11. The maximum atomic E-state index is 2.55. The van der Waals surface area contributed by atoms with Crippen LogP contribution >= 0.6 is 0 Å². The van der Waals surface area contributed by atoms with Crippen molar-refractivity contribution in [3.63, 3.8) is 0 Å². The predicted molar refractivity (Wildman–Crippen MR) is 50.8 cm³/mol. The largest absolute Gasteiger partial charge is 0.0804 e. The third kappa shape index (κ3) is 0.608. The fourth-order valence-corrected chi connectivity index (χ4v) is 3.22. The molecule has 0 heterocycles. The summed E-state index contributed by atoms with van der Waals surface area (Å²) in [5.74, 6) is 1.80. The molecule has 0 nitrogen and oxygen atoms in total. The zero-order valence-corrected chi connectivity index (χ0v) is 7.93. The van der Waals surface area contributed by atoms with E-state index in [1.165, 1.54) is 19.3 Å². The lowest BCUT2D eigenvalue weighted by Gasteiger charge is -2.55. The molecule has 2 unspecified atom stereocenters. The van der Waals surface area contributed by atoms with Gasteiger partial charge in [-0.25, -0.2) is 0 Å². The maximum absolute atomic E-state index is 2.55. The Morgan fingerprint density at radius 2 is 2.25 bits per heavy atom. The molecule has 2 atom stereocenters. The molecule has 0 radical (unpaired) electrons. The second-order valence-electron chi connectivity index (χ2n) is 5.11. The van der Waals surface area contributed by atoms with Gasteiger partial charge < -0.3 is 0 Å². The van der Waals surface area contributed by atoms with Gasteiger partial charge in [0.05, 0.1) is 0 Å². The van der Waals surface area contributed by atoms with Crippen molar-refractivity contribution in [3.8, 4) is 0 Å². The Labute approximate surface area is 74.4 Å². The van der Waals surface area contributed by atoms with Gasteiger partial charge in [0.25, 0.3) is 0 Å². The van der Waals surface area contributed by atoms with Crippen LogP contribution in [0.2, 0.25) is 0 Å². The van der Waals surface area contributed by atoms with Crippen molar-refractivity contribution in [1.29, 1.82) is 0 Å². The normalized spacial score (nSPS) is 41.2. The summed E-state index contributed by atoms with van der Waals surface area (Å²) >= 11 is 0. The number of rotatable bonds is 0. The van der Waals surface area contributed by atoms with Gasteiger partial charge in [-0.3, -0.25) is 0 Å². The van der Waals surface area contributed by atoms with Gasteiger partial charge in [-0.05, 0) is 47.7 Å².